The Morgan fingerprint density at radius 1 is 1.56 bits per heavy atom. The van der Waals surface area contributed by atoms with E-state index in [-0.39, 0.29) is 11.9 Å². The standard InChI is InChI=1S/C14H20N2O2/c1-18-9-10-3-2-4-12(7-10)16-14(17)8-13(15)11-5-6-11/h2-4,7,11,13H,5-6,8-9,15H2,1H3,(H,16,17). The summed E-state index contributed by atoms with van der Waals surface area (Å²) in [6.45, 7) is 0.547. The van der Waals surface area contributed by atoms with Crippen molar-refractivity contribution in [1.29, 1.82) is 0 Å². The maximum atomic E-state index is 11.8. The first-order valence-corrected chi connectivity index (χ1v) is 6.32. The molecule has 2 rings (SSSR count). The van der Waals surface area contributed by atoms with E-state index < -0.39 is 0 Å². The fraction of sp³-hybridized carbons (Fsp3) is 0.500. The Bertz CT molecular complexity index is 416. The number of amides is 1. The van der Waals surface area contributed by atoms with E-state index in [1.165, 1.54) is 0 Å². The van der Waals surface area contributed by atoms with Crippen LogP contribution in [-0.4, -0.2) is 19.1 Å². The Kier molecular flexibility index (Phi) is 4.33. The molecule has 0 aromatic heterocycles. The third kappa shape index (κ3) is 3.82. The Balaban J connectivity index is 1.87. The van der Waals surface area contributed by atoms with Gasteiger partial charge in [0.15, 0.2) is 0 Å². The van der Waals surface area contributed by atoms with Gasteiger partial charge in [-0.05, 0) is 36.5 Å². The Morgan fingerprint density at radius 2 is 2.33 bits per heavy atom. The highest BCUT2D eigenvalue weighted by Gasteiger charge is 2.29. The average molecular weight is 248 g/mol. The Labute approximate surface area is 108 Å². The first kappa shape index (κ1) is 13.1. The smallest absolute Gasteiger partial charge is 0.225 e. The number of anilines is 1. The maximum Gasteiger partial charge on any atom is 0.225 e. The number of hydrogen-bond donors (Lipinski definition) is 2. The van der Waals surface area contributed by atoms with E-state index >= 15 is 0 Å². The molecule has 0 aliphatic heterocycles. The number of carbonyl (C=O) groups is 1. The molecule has 0 saturated heterocycles. The molecular formula is C14H20N2O2. The van der Waals surface area contributed by atoms with E-state index in [9.17, 15) is 4.79 Å². The summed E-state index contributed by atoms with van der Waals surface area (Å²) in [6, 6.07) is 7.68. The largest absolute Gasteiger partial charge is 0.380 e. The number of nitrogens with two attached hydrogens (primary N) is 1. The minimum absolute atomic E-state index is 0.00663. The van der Waals surface area contributed by atoms with Crippen LogP contribution >= 0.6 is 0 Å². The van der Waals surface area contributed by atoms with Gasteiger partial charge in [-0.3, -0.25) is 4.79 Å². The Hall–Kier alpha value is -1.39. The van der Waals surface area contributed by atoms with Crippen molar-refractivity contribution in [2.45, 2.75) is 31.9 Å². The van der Waals surface area contributed by atoms with Crippen LogP contribution in [0.1, 0.15) is 24.8 Å². The molecule has 1 saturated carbocycles. The van der Waals surface area contributed by atoms with Gasteiger partial charge in [-0.25, -0.2) is 0 Å². The molecule has 3 N–H and O–H groups in total. The highest BCUT2D eigenvalue weighted by molar-refractivity contribution is 5.91. The van der Waals surface area contributed by atoms with Crippen molar-refractivity contribution in [2.24, 2.45) is 11.7 Å². The molecule has 1 aliphatic rings. The van der Waals surface area contributed by atoms with E-state index in [4.69, 9.17) is 10.5 Å². The molecule has 1 fully saturated rings. The number of hydrogen-bond acceptors (Lipinski definition) is 3. The first-order valence-electron chi connectivity index (χ1n) is 6.32. The molecule has 1 unspecified atom stereocenters. The molecule has 0 radical (unpaired) electrons. The van der Waals surface area contributed by atoms with Gasteiger partial charge in [0.2, 0.25) is 5.91 Å². The predicted molar refractivity (Wildman–Crippen MR) is 71.1 cm³/mol. The van der Waals surface area contributed by atoms with Gasteiger partial charge in [0, 0.05) is 25.3 Å². The van der Waals surface area contributed by atoms with E-state index in [0.717, 1.165) is 24.1 Å². The van der Waals surface area contributed by atoms with Crippen LogP contribution in [-0.2, 0) is 16.1 Å². The minimum Gasteiger partial charge on any atom is -0.380 e. The van der Waals surface area contributed by atoms with Crippen LogP contribution < -0.4 is 11.1 Å². The fourth-order valence-corrected chi connectivity index (χ4v) is 2.02. The molecule has 98 valence electrons. The number of methoxy groups -OCH3 is 1. The van der Waals surface area contributed by atoms with Gasteiger partial charge in [-0.2, -0.15) is 0 Å². The summed E-state index contributed by atoms with van der Waals surface area (Å²) in [5.41, 5.74) is 7.78. The van der Waals surface area contributed by atoms with Crippen LogP contribution in [0, 0.1) is 5.92 Å². The number of benzene rings is 1. The van der Waals surface area contributed by atoms with Crippen molar-refractivity contribution in [3.8, 4) is 0 Å². The topological polar surface area (TPSA) is 64.3 Å². The number of carbonyl (C=O) groups excluding carboxylic acids is 1. The van der Waals surface area contributed by atoms with Crippen LogP contribution in [0.3, 0.4) is 0 Å². The van der Waals surface area contributed by atoms with Crippen molar-refractivity contribution in [2.75, 3.05) is 12.4 Å². The summed E-state index contributed by atoms with van der Waals surface area (Å²) in [6.07, 6.45) is 2.73. The van der Waals surface area contributed by atoms with Crippen molar-refractivity contribution in [3.05, 3.63) is 29.8 Å². The lowest BCUT2D eigenvalue weighted by Crippen LogP contribution is -2.28. The van der Waals surface area contributed by atoms with Crippen molar-refractivity contribution < 1.29 is 9.53 Å². The second-order valence-electron chi connectivity index (χ2n) is 4.89. The highest BCUT2D eigenvalue weighted by atomic mass is 16.5. The SMILES string of the molecule is COCc1cccc(NC(=O)CC(N)C2CC2)c1. The van der Waals surface area contributed by atoms with Crippen LogP contribution in [0.15, 0.2) is 24.3 Å². The molecule has 1 atom stereocenters. The van der Waals surface area contributed by atoms with Gasteiger partial charge < -0.3 is 15.8 Å². The molecule has 4 heteroatoms. The zero-order chi connectivity index (χ0) is 13.0. The third-order valence-electron chi connectivity index (χ3n) is 3.17. The summed E-state index contributed by atoms with van der Waals surface area (Å²) >= 11 is 0. The highest BCUT2D eigenvalue weighted by Crippen LogP contribution is 2.32. The molecule has 1 aromatic carbocycles. The van der Waals surface area contributed by atoms with Crippen LogP contribution in [0.2, 0.25) is 0 Å². The van der Waals surface area contributed by atoms with Gasteiger partial charge >= 0.3 is 0 Å². The molecule has 0 heterocycles. The van der Waals surface area contributed by atoms with Crippen molar-refractivity contribution in [1.82, 2.24) is 0 Å². The lowest BCUT2D eigenvalue weighted by molar-refractivity contribution is -0.116. The van der Waals surface area contributed by atoms with E-state index in [2.05, 4.69) is 5.32 Å². The fourth-order valence-electron chi connectivity index (χ4n) is 2.02. The molecule has 18 heavy (non-hydrogen) atoms. The predicted octanol–water partition coefficient (Wildman–Crippen LogP) is 1.90. The summed E-state index contributed by atoms with van der Waals surface area (Å²) in [7, 11) is 1.65. The van der Waals surface area contributed by atoms with Crippen LogP contribution in [0.5, 0.6) is 0 Å². The number of rotatable bonds is 6. The summed E-state index contributed by atoms with van der Waals surface area (Å²) in [5.74, 6) is 0.541. The summed E-state index contributed by atoms with van der Waals surface area (Å²) in [4.78, 5) is 11.8. The van der Waals surface area contributed by atoms with Crippen LogP contribution in [0.25, 0.3) is 0 Å². The van der Waals surface area contributed by atoms with E-state index in [1.54, 1.807) is 7.11 Å². The zero-order valence-corrected chi connectivity index (χ0v) is 10.7. The van der Waals surface area contributed by atoms with Gasteiger partial charge in [-0.1, -0.05) is 12.1 Å². The van der Waals surface area contributed by atoms with E-state index in [0.29, 0.717) is 18.9 Å². The van der Waals surface area contributed by atoms with Gasteiger partial charge in [-0.15, -0.1) is 0 Å². The first-order chi connectivity index (χ1) is 8.69. The van der Waals surface area contributed by atoms with Gasteiger partial charge in [0.1, 0.15) is 0 Å². The number of nitrogens with one attached hydrogen (secondary N) is 1. The quantitative estimate of drug-likeness (QED) is 0.808. The Morgan fingerprint density at radius 3 is 3.00 bits per heavy atom. The maximum absolute atomic E-state index is 11.8. The second-order valence-corrected chi connectivity index (χ2v) is 4.89. The molecule has 0 bridgehead atoms. The lowest BCUT2D eigenvalue weighted by atomic mass is 10.1. The molecule has 1 aromatic rings. The third-order valence-corrected chi connectivity index (χ3v) is 3.17. The van der Waals surface area contributed by atoms with E-state index in [1.807, 2.05) is 24.3 Å². The summed E-state index contributed by atoms with van der Waals surface area (Å²) < 4.78 is 5.06. The zero-order valence-electron chi connectivity index (χ0n) is 10.7. The van der Waals surface area contributed by atoms with Gasteiger partial charge in [0.25, 0.3) is 0 Å². The van der Waals surface area contributed by atoms with Crippen molar-refractivity contribution in [3.63, 3.8) is 0 Å². The molecule has 4 nitrogen and oxygen atoms in total. The normalized spacial score (nSPS) is 16.3. The van der Waals surface area contributed by atoms with Gasteiger partial charge in [0.05, 0.1) is 6.61 Å². The molecule has 0 spiro atoms. The molecule has 1 amide bonds. The lowest BCUT2D eigenvalue weighted by Gasteiger charge is -2.11. The second kappa shape index (κ2) is 5.98. The van der Waals surface area contributed by atoms with Crippen LogP contribution in [0.4, 0.5) is 5.69 Å². The summed E-state index contributed by atoms with van der Waals surface area (Å²) in [5, 5.41) is 2.88. The molecule has 1 aliphatic carbocycles. The molecular weight excluding hydrogens is 228 g/mol. The van der Waals surface area contributed by atoms with Crippen molar-refractivity contribution >= 4 is 11.6 Å². The monoisotopic (exact) mass is 248 g/mol. The average Bonchev–Trinajstić information content (AvgIpc) is 3.13. The number of ether oxygens (including phenoxy) is 1. The minimum atomic E-state index is -0.0102.